The van der Waals surface area contributed by atoms with Crippen molar-refractivity contribution in [2.24, 2.45) is 0 Å². The van der Waals surface area contributed by atoms with E-state index in [0.29, 0.717) is 39.2 Å². The molecule has 1 aliphatic heterocycles. The lowest BCUT2D eigenvalue weighted by Crippen LogP contribution is -2.37. The van der Waals surface area contributed by atoms with Gasteiger partial charge in [-0.15, -0.1) is 0 Å². The Labute approximate surface area is 149 Å². The van der Waals surface area contributed by atoms with Crippen LogP contribution in [0.15, 0.2) is 12.1 Å². The monoisotopic (exact) mass is 373 g/mol. The Morgan fingerprint density at radius 3 is 2.54 bits per heavy atom. The number of ether oxygens (including phenoxy) is 1. The molecule has 0 aromatic carbocycles. The zero-order valence-corrected chi connectivity index (χ0v) is 14.8. The first-order chi connectivity index (χ1) is 12.2. The van der Waals surface area contributed by atoms with Gasteiger partial charge in [0.25, 0.3) is 5.91 Å². The van der Waals surface area contributed by atoms with Gasteiger partial charge in [-0.1, -0.05) is 0 Å². The van der Waals surface area contributed by atoms with E-state index < -0.39 is 11.9 Å². The van der Waals surface area contributed by atoms with Gasteiger partial charge < -0.3 is 9.64 Å². The SMILES string of the molecule is CCOC(=O)CN1CCCN(C(=O)c2ccc(C(F)(F)F)nc2C)CC1. The van der Waals surface area contributed by atoms with Crippen LogP contribution < -0.4 is 0 Å². The van der Waals surface area contributed by atoms with Crippen LogP contribution in [0, 0.1) is 6.92 Å². The van der Waals surface area contributed by atoms with Crippen molar-refractivity contribution in [1.29, 1.82) is 0 Å². The molecule has 2 heterocycles. The molecule has 0 bridgehead atoms. The standard InChI is InChI=1S/C17H22F3N3O3/c1-3-26-15(24)11-22-7-4-8-23(10-9-22)16(25)13-5-6-14(17(18,19)20)21-12(13)2/h5-6H,3-4,7-11H2,1-2H3. The first kappa shape index (κ1) is 20.2. The van der Waals surface area contributed by atoms with Gasteiger partial charge in [-0.2, -0.15) is 13.2 Å². The van der Waals surface area contributed by atoms with E-state index >= 15 is 0 Å². The molecule has 0 saturated carbocycles. The molecule has 0 radical (unpaired) electrons. The molecule has 2 rings (SSSR count). The highest BCUT2D eigenvalue weighted by molar-refractivity contribution is 5.95. The Balaban J connectivity index is 2.03. The van der Waals surface area contributed by atoms with Crippen LogP contribution >= 0.6 is 0 Å². The Morgan fingerprint density at radius 1 is 1.19 bits per heavy atom. The van der Waals surface area contributed by atoms with E-state index in [2.05, 4.69) is 4.98 Å². The Morgan fingerprint density at radius 2 is 1.92 bits per heavy atom. The normalized spacial score (nSPS) is 16.3. The first-order valence-corrected chi connectivity index (χ1v) is 8.44. The number of alkyl halides is 3. The molecule has 0 spiro atoms. The van der Waals surface area contributed by atoms with Crippen molar-refractivity contribution >= 4 is 11.9 Å². The molecule has 1 fully saturated rings. The molecular formula is C17H22F3N3O3. The summed E-state index contributed by atoms with van der Waals surface area (Å²) in [5.74, 6) is -0.656. The Kier molecular flexibility index (Phi) is 6.57. The summed E-state index contributed by atoms with van der Waals surface area (Å²) in [4.78, 5) is 31.2. The number of carbonyl (C=O) groups excluding carboxylic acids is 2. The lowest BCUT2D eigenvalue weighted by atomic mass is 10.1. The number of carbonyl (C=O) groups is 2. The molecule has 0 N–H and O–H groups in total. The number of hydrogen-bond acceptors (Lipinski definition) is 5. The van der Waals surface area contributed by atoms with Crippen LogP contribution in [-0.2, 0) is 15.7 Å². The Hall–Kier alpha value is -2.16. The summed E-state index contributed by atoms with van der Waals surface area (Å²) in [6.45, 7) is 5.62. The average Bonchev–Trinajstić information content (AvgIpc) is 2.79. The summed E-state index contributed by atoms with van der Waals surface area (Å²) >= 11 is 0. The van der Waals surface area contributed by atoms with Gasteiger partial charge in [0.05, 0.1) is 24.4 Å². The average molecular weight is 373 g/mol. The van der Waals surface area contributed by atoms with Crippen LogP contribution in [-0.4, -0.2) is 66.0 Å². The van der Waals surface area contributed by atoms with E-state index in [1.807, 2.05) is 4.90 Å². The summed E-state index contributed by atoms with van der Waals surface area (Å²) in [5.41, 5.74) is -0.794. The van der Waals surface area contributed by atoms with E-state index in [1.54, 1.807) is 11.8 Å². The third-order valence-corrected chi connectivity index (χ3v) is 4.14. The second kappa shape index (κ2) is 8.48. The highest BCUT2D eigenvalue weighted by Gasteiger charge is 2.33. The number of aryl methyl sites for hydroxylation is 1. The summed E-state index contributed by atoms with van der Waals surface area (Å²) < 4.78 is 43.1. The van der Waals surface area contributed by atoms with Crippen LogP contribution in [0.4, 0.5) is 13.2 Å². The second-order valence-corrected chi connectivity index (χ2v) is 6.05. The molecule has 1 aromatic heterocycles. The third-order valence-electron chi connectivity index (χ3n) is 4.14. The number of nitrogens with zero attached hydrogens (tertiary/aromatic N) is 3. The summed E-state index contributed by atoms with van der Waals surface area (Å²) in [6.07, 6.45) is -3.87. The van der Waals surface area contributed by atoms with Crippen LogP contribution in [0.3, 0.4) is 0 Å². The first-order valence-electron chi connectivity index (χ1n) is 8.44. The molecule has 9 heteroatoms. The van der Waals surface area contributed by atoms with Gasteiger partial charge in [0, 0.05) is 26.2 Å². The van der Waals surface area contributed by atoms with Crippen LogP contribution in [0.2, 0.25) is 0 Å². The predicted octanol–water partition coefficient (Wildman–Crippen LogP) is 2.12. The van der Waals surface area contributed by atoms with E-state index in [9.17, 15) is 22.8 Å². The Bertz CT molecular complexity index is 664. The largest absolute Gasteiger partial charge is 0.465 e. The lowest BCUT2D eigenvalue weighted by molar-refractivity contribution is -0.144. The van der Waals surface area contributed by atoms with E-state index in [0.717, 1.165) is 6.07 Å². The van der Waals surface area contributed by atoms with Gasteiger partial charge in [0.1, 0.15) is 5.69 Å². The number of pyridine rings is 1. The molecule has 1 amide bonds. The number of esters is 1. The molecule has 1 aromatic rings. The van der Waals surface area contributed by atoms with Gasteiger partial charge in [0.2, 0.25) is 0 Å². The molecule has 1 aliphatic rings. The number of amides is 1. The number of aromatic nitrogens is 1. The second-order valence-electron chi connectivity index (χ2n) is 6.05. The molecule has 0 aliphatic carbocycles. The van der Waals surface area contributed by atoms with Crippen molar-refractivity contribution in [3.63, 3.8) is 0 Å². The maximum atomic E-state index is 12.7. The van der Waals surface area contributed by atoms with Crippen molar-refractivity contribution in [3.8, 4) is 0 Å². The van der Waals surface area contributed by atoms with Crippen molar-refractivity contribution in [3.05, 3.63) is 29.1 Å². The minimum Gasteiger partial charge on any atom is -0.465 e. The summed E-state index contributed by atoms with van der Waals surface area (Å²) in [7, 11) is 0. The highest BCUT2D eigenvalue weighted by Crippen LogP contribution is 2.28. The van der Waals surface area contributed by atoms with E-state index in [-0.39, 0.29) is 29.7 Å². The van der Waals surface area contributed by atoms with Gasteiger partial charge in [-0.05, 0) is 32.4 Å². The van der Waals surface area contributed by atoms with Crippen molar-refractivity contribution < 1.29 is 27.5 Å². The van der Waals surface area contributed by atoms with Gasteiger partial charge in [-0.3, -0.25) is 14.5 Å². The van der Waals surface area contributed by atoms with Crippen molar-refractivity contribution in [1.82, 2.24) is 14.8 Å². The van der Waals surface area contributed by atoms with Crippen molar-refractivity contribution in [2.45, 2.75) is 26.4 Å². The zero-order chi connectivity index (χ0) is 19.3. The van der Waals surface area contributed by atoms with Crippen LogP contribution in [0.1, 0.15) is 35.1 Å². The summed E-state index contributed by atoms with van der Waals surface area (Å²) in [5, 5.41) is 0. The molecule has 0 atom stereocenters. The molecule has 1 saturated heterocycles. The number of halogens is 3. The summed E-state index contributed by atoms with van der Waals surface area (Å²) in [6, 6.07) is 2.00. The minimum atomic E-state index is -4.54. The van der Waals surface area contributed by atoms with Crippen LogP contribution in [0.5, 0.6) is 0 Å². The molecular weight excluding hydrogens is 351 g/mol. The molecule has 6 nitrogen and oxygen atoms in total. The maximum Gasteiger partial charge on any atom is 0.433 e. The quantitative estimate of drug-likeness (QED) is 0.757. The third kappa shape index (κ3) is 5.17. The molecule has 0 unspecified atom stereocenters. The fraction of sp³-hybridized carbons (Fsp3) is 0.588. The highest BCUT2D eigenvalue weighted by atomic mass is 19.4. The number of hydrogen-bond donors (Lipinski definition) is 0. The van der Waals surface area contributed by atoms with Crippen LogP contribution in [0.25, 0.3) is 0 Å². The van der Waals surface area contributed by atoms with Gasteiger partial charge in [-0.25, -0.2) is 4.98 Å². The van der Waals surface area contributed by atoms with Crippen molar-refractivity contribution in [2.75, 3.05) is 39.3 Å². The lowest BCUT2D eigenvalue weighted by Gasteiger charge is -2.22. The van der Waals surface area contributed by atoms with E-state index in [1.165, 1.54) is 13.0 Å². The fourth-order valence-electron chi connectivity index (χ4n) is 2.84. The van der Waals surface area contributed by atoms with Gasteiger partial charge in [0.15, 0.2) is 0 Å². The zero-order valence-electron chi connectivity index (χ0n) is 14.8. The van der Waals surface area contributed by atoms with E-state index in [4.69, 9.17) is 4.74 Å². The molecule has 144 valence electrons. The minimum absolute atomic E-state index is 0.0532. The predicted molar refractivity (Wildman–Crippen MR) is 87.6 cm³/mol. The molecule has 26 heavy (non-hydrogen) atoms. The van der Waals surface area contributed by atoms with Gasteiger partial charge >= 0.3 is 12.1 Å². The number of rotatable bonds is 4. The maximum absolute atomic E-state index is 12.7. The smallest absolute Gasteiger partial charge is 0.433 e. The fourth-order valence-corrected chi connectivity index (χ4v) is 2.84. The topological polar surface area (TPSA) is 62.7 Å².